The van der Waals surface area contributed by atoms with Crippen LogP contribution in [0.15, 0.2) is 12.4 Å². The number of hydrogen-bond donors (Lipinski definition) is 1. The minimum atomic E-state index is -0.0235. The molecule has 2 unspecified atom stereocenters. The van der Waals surface area contributed by atoms with E-state index >= 15 is 0 Å². The fraction of sp³-hybridized carbons (Fsp3) is 0.667. The number of hydrogen-bond acceptors (Lipinski definition) is 3. The van der Waals surface area contributed by atoms with Gasteiger partial charge in [0.15, 0.2) is 0 Å². The van der Waals surface area contributed by atoms with Crippen LogP contribution in [0.25, 0.3) is 0 Å². The van der Waals surface area contributed by atoms with E-state index in [9.17, 15) is 4.79 Å². The van der Waals surface area contributed by atoms with E-state index in [0.717, 1.165) is 25.3 Å². The van der Waals surface area contributed by atoms with E-state index in [2.05, 4.69) is 24.3 Å². The van der Waals surface area contributed by atoms with Crippen molar-refractivity contribution in [1.29, 1.82) is 0 Å². The predicted octanol–water partition coefficient (Wildman–Crippen LogP) is 2.26. The molecule has 2 rings (SSSR count). The molecule has 0 saturated carbocycles. The summed E-state index contributed by atoms with van der Waals surface area (Å²) >= 11 is 1.94. The quantitative estimate of drug-likeness (QED) is 0.895. The molecule has 1 fully saturated rings. The molecule has 0 bridgehead atoms. The van der Waals surface area contributed by atoms with E-state index < -0.39 is 0 Å². The zero-order valence-electron chi connectivity index (χ0n) is 11.1. The Balaban J connectivity index is 1.94. The third-order valence-electron chi connectivity index (χ3n) is 2.92. The molecule has 100 valence electrons. The highest BCUT2D eigenvalue weighted by Crippen LogP contribution is 2.25. The van der Waals surface area contributed by atoms with Gasteiger partial charge in [0.2, 0.25) is 0 Å². The molecule has 0 spiro atoms. The second kappa shape index (κ2) is 5.65. The summed E-state index contributed by atoms with van der Waals surface area (Å²) in [7, 11) is 0. The number of aromatic nitrogens is 2. The summed E-state index contributed by atoms with van der Waals surface area (Å²) in [6.07, 6.45) is 3.54. The first-order chi connectivity index (χ1) is 8.58. The Morgan fingerprint density at radius 1 is 1.50 bits per heavy atom. The van der Waals surface area contributed by atoms with Gasteiger partial charge in [-0.3, -0.25) is 4.68 Å². The van der Waals surface area contributed by atoms with E-state index in [1.54, 1.807) is 10.9 Å². The number of carbonyl (C=O) groups excluding carboxylic acids is 1. The molecule has 2 heterocycles. The van der Waals surface area contributed by atoms with Gasteiger partial charge in [0.05, 0.1) is 11.9 Å². The lowest BCUT2D eigenvalue weighted by molar-refractivity contribution is 0.211. The number of urea groups is 1. The second-order valence-corrected chi connectivity index (χ2v) is 6.56. The van der Waals surface area contributed by atoms with Crippen LogP contribution in [-0.2, 0) is 6.54 Å². The topological polar surface area (TPSA) is 50.2 Å². The molecule has 1 aliphatic heterocycles. The molecule has 6 heteroatoms. The Hall–Kier alpha value is -1.17. The predicted molar refractivity (Wildman–Crippen MR) is 75.0 cm³/mol. The molecule has 0 radical (unpaired) electrons. The number of nitrogens with zero attached hydrogens (tertiary/aromatic N) is 3. The van der Waals surface area contributed by atoms with Crippen molar-refractivity contribution < 1.29 is 4.79 Å². The van der Waals surface area contributed by atoms with Gasteiger partial charge in [-0.15, -0.1) is 0 Å². The van der Waals surface area contributed by atoms with Gasteiger partial charge in [-0.1, -0.05) is 13.8 Å². The Morgan fingerprint density at radius 2 is 2.17 bits per heavy atom. The van der Waals surface area contributed by atoms with Crippen LogP contribution in [0.3, 0.4) is 0 Å². The van der Waals surface area contributed by atoms with Gasteiger partial charge in [0.25, 0.3) is 0 Å². The van der Waals surface area contributed by atoms with Gasteiger partial charge >= 0.3 is 6.03 Å². The molecule has 1 N–H and O–H groups in total. The van der Waals surface area contributed by atoms with Crippen molar-refractivity contribution in [3.05, 3.63) is 12.4 Å². The minimum Gasteiger partial charge on any atom is -0.322 e. The van der Waals surface area contributed by atoms with Gasteiger partial charge in [-0.25, -0.2) is 4.79 Å². The number of anilines is 1. The van der Waals surface area contributed by atoms with Crippen LogP contribution in [0, 0.1) is 0 Å². The molecule has 5 nitrogen and oxygen atoms in total. The molecule has 2 amide bonds. The largest absolute Gasteiger partial charge is 0.322 e. The molecule has 18 heavy (non-hydrogen) atoms. The average molecular weight is 268 g/mol. The summed E-state index contributed by atoms with van der Waals surface area (Å²) in [5.74, 6) is 0. The highest BCUT2D eigenvalue weighted by molar-refractivity contribution is 8.00. The van der Waals surface area contributed by atoms with E-state index in [0.29, 0.717) is 10.5 Å². The van der Waals surface area contributed by atoms with Crippen molar-refractivity contribution in [2.75, 3.05) is 18.4 Å². The van der Waals surface area contributed by atoms with Crippen LogP contribution in [0.2, 0.25) is 0 Å². The number of nitrogens with one attached hydrogen (secondary N) is 1. The molecule has 1 saturated heterocycles. The van der Waals surface area contributed by atoms with Gasteiger partial charge in [0.1, 0.15) is 0 Å². The van der Waals surface area contributed by atoms with Gasteiger partial charge in [-0.05, 0) is 6.92 Å². The second-order valence-electron chi connectivity index (χ2n) is 4.68. The molecule has 0 aliphatic carbocycles. The van der Waals surface area contributed by atoms with Crippen molar-refractivity contribution in [1.82, 2.24) is 14.7 Å². The Kier molecular flexibility index (Phi) is 4.16. The monoisotopic (exact) mass is 268 g/mol. The number of carbonyl (C=O) groups is 1. The van der Waals surface area contributed by atoms with Crippen LogP contribution in [0.1, 0.15) is 20.8 Å². The summed E-state index contributed by atoms with van der Waals surface area (Å²) in [4.78, 5) is 14.0. The maximum absolute atomic E-state index is 12.1. The van der Waals surface area contributed by atoms with Gasteiger partial charge in [0, 0.05) is 36.3 Å². The maximum atomic E-state index is 12.1. The van der Waals surface area contributed by atoms with Gasteiger partial charge in [-0.2, -0.15) is 16.9 Å². The highest BCUT2D eigenvalue weighted by Gasteiger charge is 2.25. The number of aryl methyl sites for hydroxylation is 1. The first kappa shape index (κ1) is 13.3. The zero-order chi connectivity index (χ0) is 13.1. The van der Waals surface area contributed by atoms with E-state index in [4.69, 9.17) is 0 Å². The summed E-state index contributed by atoms with van der Waals surface area (Å²) in [6, 6.07) is -0.0235. The first-order valence-corrected chi connectivity index (χ1v) is 7.26. The summed E-state index contributed by atoms with van der Waals surface area (Å²) in [6.45, 7) is 8.77. The van der Waals surface area contributed by atoms with E-state index in [-0.39, 0.29) is 6.03 Å². The third-order valence-corrected chi connectivity index (χ3v) is 4.14. The molecule has 1 aromatic heterocycles. The number of amides is 2. The summed E-state index contributed by atoms with van der Waals surface area (Å²) < 4.78 is 1.80. The fourth-order valence-electron chi connectivity index (χ4n) is 2.15. The third kappa shape index (κ3) is 3.19. The number of thioether (sulfide) groups is 1. The lowest BCUT2D eigenvalue weighted by atomic mass is 10.3. The molecule has 1 aromatic rings. The fourth-order valence-corrected chi connectivity index (χ4v) is 3.47. The van der Waals surface area contributed by atoms with Crippen LogP contribution < -0.4 is 5.32 Å². The molecule has 2 atom stereocenters. The number of rotatable bonds is 2. The normalized spacial score (nSPS) is 24.1. The molecular formula is C12H20N4OS. The smallest absolute Gasteiger partial charge is 0.322 e. The average Bonchev–Trinajstić information content (AvgIpc) is 2.75. The summed E-state index contributed by atoms with van der Waals surface area (Å²) in [5, 5.41) is 8.04. The van der Waals surface area contributed by atoms with Crippen molar-refractivity contribution in [2.24, 2.45) is 0 Å². The van der Waals surface area contributed by atoms with Crippen molar-refractivity contribution in [3.63, 3.8) is 0 Å². The zero-order valence-corrected chi connectivity index (χ0v) is 11.9. The molecule has 1 aliphatic rings. The first-order valence-electron chi connectivity index (χ1n) is 6.32. The van der Waals surface area contributed by atoms with Gasteiger partial charge < -0.3 is 10.2 Å². The minimum absolute atomic E-state index is 0.0235. The van der Waals surface area contributed by atoms with Crippen molar-refractivity contribution >= 4 is 23.5 Å². The lowest BCUT2D eigenvalue weighted by Crippen LogP contribution is -2.45. The Bertz CT molecular complexity index is 410. The van der Waals surface area contributed by atoms with Crippen LogP contribution in [-0.4, -0.2) is 44.3 Å². The standard InChI is InChI=1S/C12H20N4OS/c1-4-16-8-11(5-13-16)14-12(17)15-6-9(2)18-10(3)7-15/h5,8-10H,4,6-7H2,1-3H3,(H,14,17). The Labute approximate surface area is 112 Å². The highest BCUT2D eigenvalue weighted by atomic mass is 32.2. The van der Waals surface area contributed by atoms with Crippen LogP contribution >= 0.6 is 11.8 Å². The van der Waals surface area contributed by atoms with E-state index in [1.165, 1.54) is 0 Å². The van der Waals surface area contributed by atoms with Crippen LogP contribution in [0.4, 0.5) is 10.5 Å². The van der Waals surface area contributed by atoms with E-state index in [1.807, 2.05) is 29.8 Å². The Morgan fingerprint density at radius 3 is 2.72 bits per heavy atom. The SMILES string of the molecule is CCn1cc(NC(=O)N2CC(C)SC(C)C2)cn1. The lowest BCUT2D eigenvalue weighted by Gasteiger charge is -2.34. The van der Waals surface area contributed by atoms with Crippen LogP contribution in [0.5, 0.6) is 0 Å². The maximum Gasteiger partial charge on any atom is 0.322 e. The molecular weight excluding hydrogens is 248 g/mol. The molecule has 0 aromatic carbocycles. The van der Waals surface area contributed by atoms with Crippen molar-refractivity contribution in [3.8, 4) is 0 Å². The van der Waals surface area contributed by atoms with Crippen molar-refractivity contribution in [2.45, 2.75) is 37.8 Å². The summed E-state index contributed by atoms with van der Waals surface area (Å²) in [5.41, 5.74) is 0.764.